The van der Waals surface area contributed by atoms with Gasteiger partial charge in [0.1, 0.15) is 5.76 Å². The standard InChI is InChI=1S/C13H23N3O/c1-10(8-14)12-9-15-13(17-12)7-11-5-3-4-6-16(11)2/h9-11H,3-8,14H2,1-2H3. The predicted molar refractivity (Wildman–Crippen MR) is 67.9 cm³/mol. The van der Waals surface area contributed by atoms with Gasteiger partial charge in [0.15, 0.2) is 5.89 Å². The van der Waals surface area contributed by atoms with Gasteiger partial charge < -0.3 is 15.1 Å². The second-order valence-electron chi connectivity index (χ2n) is 5.13. The Bertz CT molecular complexity index is 350. The van der Waals surface area contributed by atoms with Gasteiger partial charge in [-0.25, -0.2) is 4.98 Å². The summed E-state index contributed by atoms with van der Waals surface area (Å²) in [7, 11) is 2.19. The molecule has 1 aliphatic rings. The van der Waals surface area contributed by atoms with Gasteiger partial charge in [-0.1, -0.05) is 13.3 Å². The van der Waals surface area contributed by atoms with Crippen molar-refractivity contribution >= 4 is 0 Å². The first-order chi connectivity index (χ1) is 8.20. The summed E-state index contributed by atoms with van der Waals surface area (Å²) in [6, 6.07) is 0.587. The van der Waals surface area contributed by atoms with Crippen LogP contribution < -0.4 is 5.73 Å². The van der Waals surface area contributed by atoms with Gasteiger partial charge in [0.25, 0.3) is 0 Å². The molecule has 2 N–H and O–H groups in total. The lowest BCUT2D eigenvalue weighted by molar-refractivity contribution is 0.176. The molecule has 4 nitrogen and oxygen atoms in total. The average molecular weight is 237 g/mol. The Morgan fingerprint density at radius 3 is 3.12 bits per heavy atom. The number of nitrogens with two attached hydrogens (primary N) is 1. The molecular formula is C13H23N3O. The maximum absolute atomic E-state index is 5.77. The molecule has 17 heavy (non-hydrogen) atoms. The van der Waals surface area contributed by atoms with E-state index in [0.29, 0.717) is 12.6 Å². The van der Waals surface area contributed by atoms with Crippen molar-refractivity contribution in [1.29, 1.82) is 0 Å². The lowest BCUT2D eigenvalue weighted by atomic mass is 10.0. The number of rotatable bonds is 4. The Balaban J connectivity index is 1.96. The number of nitrogens with zero attached hydrogens (tertiary/aromatic N) is 2. The van der Waals surface area contributed by atoms with Crippen LogP contribution in [-0.4, -0.2) is 36.1 Å². The summed E-state index contributed by atoms with van der Waals surface area (Å²) in [5, 5.41) is 0. The molecule has 96 valence electrons. The lowest BCUT2D eigenvalue weighted by Crippen LogP contribution is -2.37. The van der Waals surface area contributed by atoms with Crippen molar-refractivity contribution in [3.63, 3.8) is 0 Å². The fourth-order valence-corrected chi connectivity index (χ4v) is 2.37. The van der Waals surface area contributed by atoms with Crippen LogP contribution >= 0.6 is 0 Å². The van der Waals surface area contributed by atoms with Crippen LogP contribution in [0.15, 0.2) is 10.6 Å². The molecule has 0 aromatic carbocycles. The Kier molecular flexibility index (Phi) is 4.18. The van der Waals surface area contributed by atoms with Crippen molar-refractivity contribution in [1.82, 2.24) is 9.88 Å². The van der Waals surface area contributed by atoms with Crippen LogP contribution in [-0.2, 0) is 6.42 Å². The van der Waals surface area contributed by atoms with Crippen LogP contribution in [0, 0.1) is 0 Å². The molecule has 1 fully saturated rings. The third-order valence-electron chi connectivity index (χ3n) is 3.74. The van der Waals surface area contributed by atoms with Crippen LogP contribution in [0.3, 0.4) is 0 Å². The zero-order valence-corrected chi connectivity index (χ0v) is 10.9. The number of oxazole rings is 1. The second-order valence-corrected chi connectivity index (χ2v) is 5.13. The van der Waals surface area contributed by atoms with E-state index in [2.05, 4.69) is 23.9 Å². The summed E-state index contributed by atoms with van der Waals surface area (Å²) in [6.45, 7) is 3.87. The van der Waals surface area contributed by atoms with Crippen molar-refractivity contribution < 1.29 is 4.42 Å². The minimum atomic E-state index is 0.264. The molecule has 0 amide bonds. The van der Waals surface area contributed by atoms with Gasteiger partial charge in [-0.3, -0.25) is 0 Å². The van der Waals surface area contributed by atoms with E-state index in [0.717, 1.165) is 18.1 Å². The van der Waals surface area contributed by atoms with Crippen LogP contribution in [0.5, 0.6) is 0 Å². The van der Waals surface area contributed by atoms with E-state index >= 15 is 0 Å². The number of likely N-dealkylation sites (tertiary alicyclic amines) is 1. The predicted octanol–water partition coefficient (Wildman–Crippen LogP) is 1.76. The van der Waals surface area contributed by atoms with E-state index < -0.39 is 0 Å². The van der Waals surface area contributed by atoms with Gasteiger partial charge in [0.05, 0.1) is 6.20 Å². The van der Waals surface area contributed by atoms with Gasteiger partial charge in [-0.2, -0.15) is 0 Å². The lowest BCUT2D eigenvalue weighted by Gasteiger charge is -2.31. The first-order valence-electron chi connectivity index (χ1n) is 6.55. The highest BCUT2D eigenvalue weighted by atomic mass is 16.4. The first-order valence-corrected chi connectivity index (χ1v) is 6.55. The Morgan fingerprint density at radius 2 is 2.41 bits per heavy atom. The zero-order valence-electron chi connectivity index (χ0n) is 10.9. The number of hydrogen-bond donors (Lipinski definition) is 1. The van der Waals surface area contributed by atoms with Gasteiger partial charge in [-0.15, -0.1) is 0 Å². The fraction of sp³-hybridized carbons (Fsp3) is 0.769. The number of hydrogen-bond acceptors (Lipinski definition) is 4. The van der Waals surface area contributed by atoms with E-state index in [4.69, 9.17) is 10.2 Å². The summed E-state index contributed by atoms with van der Waals surface area (Å²) < 4.78 is 5.77. The summed E-state index contributed by atoms with van der Waals surface area (Å²) in [6.07, 6.45) is 6.64. The highest BCUT2D eigenvalue weighted by Crippen LogP contribution is 2.21. The Hall–Kier alpha value is -0.870. The quantitative estimate of drug-likeness (QED) is 0.867. The number of aromatic nitrogens is 1. The molecule has 2 heterocycles. The normalized spacial score (nSPS) is 23.8. The van der Waals surface area contributed by atoms with Crippen molar-refractivity contribution in [2.45, 2.75) is 44.6 Å². The molecule has 2 unspecified atom stereocenters. The zero-order chi connectivity index (χ0) is 12.3. The summed E-state index contributed by atoms with van der Waals surface area (Å²) in [4.78, 5) is 6.78. The van der Waals surface area contributed by atoms with E-state index in [1.807, 2.05) is 6.20 Å². The van der Waals surface area contributed by atoms with Crippen molar-refractivity contribution in [2.75, 3.05) is 20.1 Å². The van der Waals surface area contributed by atoms with Gasteiger partial charge in [-0.05, 0) is 26.4 Å². The fourth-order valence-electron chi connectivity index (χ4n) is 2.37. The molecule has 1 aliphatic heterocycles. The third-order valence-corrected chi connectivity index (χ3v) is 3.74. The van der Waals surface area contributed by atoms with Gasteiger partial charge >= 0.3 is 0 Å². The van der Waals surface area contributed by atoms with Crippen molar-refractivity contribution in [3.05, 3.63) is 17.8 Å². The van der Waals surface area contributed by atoms with Gasteiger partial charge in [0.2, 0.25) is 0 Å². The van der Waals surface area contributed by atoms with E-state index in [-0.39, 0.29) is 5.92 Å². The summed E-state index contributed by atoms with van der Waals surface area (Å²) >= 11 is 0. The smallest absolute Gasteiger partial charge is 0.195 e. The second kappa shape index (κ2) is 5.65. The molecular weight excluding hydrogens is 214 g/mol. The Morgan fingerprint density at radius 1 is 1.59 bits per heavy atom. The van der Waals surface area contributed by atoms with Crippen LogP contribution in [0.25, 0.3) is 0 Å². The molecule has 0 aliphatic carbocycles. The molecule has 0 bridgehead atoms. The van der Waals surface area contributed by atoms with Crippen LogP contribution in [0.4, 0.5) is 0 Å². The molecule has 4 heteroatoms. The largest absolute Gasteiger partial charge is 0.445 e. The molecule has 0 saturated carbocycles. The third kappa shape index (κ3) is 3.07. The van der Waals surface area contributed by atoms with E-state index in [9.17, 15) is 0 Å². The molecule has 2 atom stereocenters. The number of piperidine rings is 1. The van der Waals surface area contributed by atoms with E-state index in [1.165, 1.54) is 25.8 Å². The average Bonchev–Trinajstić information content (AvgIpc) is 2.80. The van der Waals surface area contributed by atoms with Crippen molar-refractivity contribution in [2.24, 2.45) is 5.73 Å². The molecule has 1 saturated heterocycles. The minimum Gasteiger partial charge on any atom is -0.445 e. The minimum absolute atomic E-state index is 0.264. The van der Waals surface area contributed by atoms with Crippen molar-refractivity contribution in [3.8, 4) is 0 Å². The monoisotopic (exact) mass is 237 g/mol. The summed E-state index contributed by atoms with van der Waals surface area (Å²) in [5.74, 6) is 2.04. The maximum Gasteiger partial charge on any atom is 0.195 e. The highest BCUT2D eigenvalue weighted by molar-refractivity contribution is 5.02. The molecule has 2 rings (SSSR count). The summed E-state index contributed by atoms with van der Waals surface area (Å²) in [5.41, 5.74) is 5.62. The SMILES string of the molecule is CC(CN)c1cnc(CC2CCCCN2C)o1. The van der Waals surface area contributed by atoms with Gasteiger partial charge in [0, 0.05) is 24.9 Å². The molecule has 1 aromatic heterocycles. The molecule has 0 spiro atoms. The van der Waals surface area contributed by atoms with Crippen LogP contribution in [0.1, 0.15) is 43.8 Å². The first kappa shape index (κ1) is 12.6. The number of likely N-dealkylation sites (N-methyl/N-ethyl adjacent to an activating group) is 1. The van der Waals surface area contributed by atoms with E-state index in [1.54, 1.807) is 0 Å². The molecule has 0 radical (unpaired) electrons. The Labute approximate surface area is 103 Å². The maximum atomic E-state index is 5.77. The molecule has 1 aromatic rings. The highest BCUT2D eigenvalue weighted by Gasteiger charge is 2.21. The van der Waals surface area contributed by atoms with Crippen LogP contribution in [0.2, 0.25) is 0 Å². The topological polar surface area (TPSA) is 55.3 Å².